The summed E-state index contributed by atoms with van der Waals surface area (Å²) in [5.74, 6) is -0.127. The van der Waals surface area contributed by atoms with Crippen molar-refractivity contribution in [3.05, 3.63) is 35.1 Å². The molecule has 1 aromatic carbocycles. The molecule has 19 heavy (non-hydrogen) atoms. The number of benzene rings is 1. The molecule has 3 heteroatoms. The summed E-state index contributed by atoms with van der Waals surface area (Å²) in [6.45, 7) is 8.70. The quantitative estimate of drug-likeness (QED) is 0.898. The third-order valence-corrected chi connectivity index (χ3v) is 4.43. The summed E-state index contributed by atoms with van der Waals surface area (Å²) in [7, 11) is 1.99. The number of hydrogen-bond acceptors (Lipinski definition) is 2. The van der Waals surface area contributed by atoms with Gasteiger partial charge in [0.1, 0.15) is 5.82 Å². The largest absolute Gasteiger partial charge is 0.311 e. The number of hydrogen-bond donors (Lipinski definition) is 1. The number of likely N-dealkylation sites (N-methyl/N-ethyl adjacent to an activating group) is 1. The molecule has 2 nitrogen and oxygen atoms in total. The summed E-state index contributed by atoms with van der Waals surface area (Å²) in [5, 5.41) is 3.42. The third-order valence-electron chi connectivity index (χ3n) is 4.43. The first kappa shape index (κ1) is 14.5. The Hall–Kier alpha value is -0.930. The predicted octanol–water partition coefficient (Wildman–Crippen LogP) is 3.27. The van der Waals surface area contributed by atoms with Gasteiger partial charge >= 0.3 is 0 Å². The van der Waals surface area contributed by atoms with Gasteiger partial charge in [0.05, 0.1) is 0 Å². The zero-order valence-electron chi connectivity index (χ0n) is 12.5. The molecule has 1 heterocycles. The van der Waals surface area contributed by atoms with Gasteiger partial charge in [-0.3, -0.25) is 4.90 Å². The molecule has 1 atom stereocenters. The van der Waals surface area contributed by atoms with E-state index in [1.807, 2.05) is 26.1 Å². The van der Waals surface area contributed by atoms with Crippen LogP contribution in [0.25, 0.3) is 0 Å². The van der Waals surface area contributed by atoms with E-state index in [0.717, 1.165) is 18.7 Å². The van der Waals surface area contributed by atoms with Crippen LogP contribution < -0.4 is 5.32 Å². The van der Waals surface area contributed by atoms with Gasteiger partial charge in [-0.2, -0.15) is 0 Å². The first-order valence-corrected chi connectivity index (χ1v) is 7.15. The van der Waals surface area contributed by atoms with Crippen molar-refractivity contribution in [1.82, 2.24) is 10.2 Å². The lowest BCUT2D eigenvalue weighted by atomic mass is 9.86. The average molecular weight is 264 g/mol. The minimum atomic E-state index is -0.127. The van der Waals surface area contributed by atoms with E-state index in [1.54, 1.807) is 6.07 Å². The number of nitrogens with zero attached hydrogens (tertiary/aromatic N) is 1. The minimum absolute atomic E-state index is 0.0372. The molecule has 0 radical (unpaired) electrons. The first-order valence-electron chi connectivity index (χ1n) is 7.15. The molecular formula is C16H25FN2. The van der Waals surface area contributed by atoms with Gasteiger partial charge in [-0.1, -0.05) is 12.1 Å². The van der Waals surface area contributed by atoms with Crippen LogP contribution in [0.1, 0.15) is 43.9 Å². The van der Waals surface area contributed by atoms with E-state index >= 15 is 0 Å². The van der Waals surface area contributed by atoms with Crippen LogP contribution in [0.3, 0.4) is 0 Å². The number of likely N-dealkylation sites (tertiary alicyclic amines) is 1. The highest BCUT2D eigenvalue weighted by atomic mass is 19.1. The van der Waals surface area contributed by atoms with Gasteiger partial charge < -0.3 is 5.32 Å². The Morgan fingerprint density at radius 2 is 1.89 bits per heavy atom. The molecular weight excluding hydrogens is 239 g/mol. The molecule has 1 fully saturated rings. The number of halogens is 1. The van der Waals surface area contributed by atoms with Gasteiger partial charge in [-0.15, -0.1) is 0 Å². The lowest BCUT2D eigenvalue weighted by molar-refractivity contribution is 0.110. The molecule has 1 aromatic rings. The molecule has 0 saturated carbocycles. The molecule has 1 aliphatic heterocycles. The lowest BCUT2D eigenvalue weighted by Crippen LogP contribution is -2.50. The van der Waals surface area contributed by atoms with Gasteiger partial charge in [-0.05, 0) is 70.9 Å². The Kier molecular flexibility index (Phi) is 4.26. The van der Waals surface area contributed by atoms with Gasteiger partial charge in [0, 0.05) is 11.6 Å². The molecule has 0 bridgehead atoms. The molecule has 2 rings (SSSR count). The molecule has 1 N–H and O–H groups in total. The fraction of sp³-hybridized carbons (Fsp3) is 0.625. The fourth-order valence-corrected chi connectivity index (χ4v) is 3.25. The van der Waals surface area contributed by atoms with E-state index in [4.69, 9.17) is 0 Å². The van der Waals surface area contributed by atoms with Crippen molar-refractivity contribution in [1.29, 1.82) is 0 Å². The van der Waals surface area contributed by atoms with Gasteiger partial charge in [-0.25, -0.2) is 4.39 Å². The van der Waals surface area contributed by atoms with Crippen LogP contribution in [-0.2, 0) is 0 Å². The number of rotatable bonds is 4. The second-order valence-corrected chi connectivity index (χ2v) is 6.08. The second-order valence-electron chi connectivity index (χ2n) is 6.08. The van der Waals surface area contributed by atoms with E-state index < -0.39 is 0 Å². The van der Waals surface area contributed by atoms with Crippen LogP contribution in [0.4, 0.5) is 4.39 Å². The topological polar surface area (TPSA) is 15.3 Å². The molecule has 0 spiro atoms. The molecule has 0 amide bonds. The minimum Gasteiger partial charge on any atom is -0.311 e. The van der Waals surface area contributed by atoms with Crippen LogP contribution >= 0.6 is 0 Å². The SMILES string of the molecule is CNC(c1ccc(F)c(C)c1)C(C)(C)N1CCCC1. The van der Waals surface area contributed by atoms with E-state index in [2.05, 4.69) is 24.1 Å². The van der Waals surface area contributed by atoms with Crippen LogP contribution in [0, 0.1) is 12.7 Å². The van der Waals surface area contributed by atoms with Gasteiger partial charge in [0.2, 0.25) is 0 Å². The van der Waals surface area contributed by atoms with Crippen LogP contribution in [0.5, 0.6) is 0 Å². The Bertz CT molecular complexity index is 436. The monoisotopic (exact) mass is 264 g/mol. The molecule has 1 aliphatic rings. The second kappa shape index (κ2) is 5.59. The highest BCUT2D eigenvalue weighted by Gasteiger charge is 2.36. The summed E-state index contributed by atoms with van der Waals surface area (Å²) in [4.78, 5) is 2.53. The standard InChI is InChI=1S/C16H25FN2/c1-12-11-13(7-8-14(12)17)15(18-4)16(2,3)19-9-5-6-10-19/h7-8,11,15,18H,5-6,9-10H2,1-4H3. The van der Waals surface area contributed by atoms with Crippen molar-refractivity contribution in [3.8, 4) is 0 Å². The summed E-state index contributed by atoms with van der Waals surface area (Å²) < 4.78 is 13.4. The third kappa shape index (κ3) is 2.82. The Morgan fingerprint density at radius 1 is 1.26 bits per heavy atom. The van der Waals surface area contributed by atoms with Gasteiger partial charge in [0.15, 0.2) is 0 Å². The van der Waals surface area contributed by atoms with Crippen LogP contribution in [-0.4, -0.2) is 30.6 Å². The van der Waals surface area contributed by atoms with Crippen molar-refractivity contribution in [2.75, 3.05) is 20.1 Å². The van der Waals surface area contributed by atoms with Crippen LogP contribution in [0.15, 0.2) is 18.2 Å². The molecule has 106 valence electrons. The fourth-order valence-electron chi connectivity index (χ4n) is 3.25. The zero-order valence-corrected chi connectivity index (χ0v) is 12.5. The lowest BCUT2D eigenvalue weighted by Gasteiger charge is -2.42. The van der Waals surface area contributed by atoms with Crippen molar-refractivity contribution in [2.24, 2.45) is 0 Å². The molecule has 0 aromatic heterocycles. The first-order chi connectivity index (χ1) is 8.96. The summed E-state index contributed by atoms with van der Waals surface area (Å²) in [6, 6.07) is 5.66. The number of aryl methyl sites for hydroxylation is 1. The van der Waals surface area contributed by atoms with E-state index in [1.165, 1.54) is 18.4 Å². The Balaban J connectivity index is 2.29. The molecule has 1 unspecified atom stereocenters. The van der Waals surface area contributed by atoms with Crippen molar-refractivity contribution < 1.29 is 4.39 Å². The predicted molar refractivity (Wildman–Crippen MR) is 77.8 cm³/mol. The van der Waals surface area contributed by atoms with Crippen LogP contribution in [0.2, 0.25) is 0 Å². The molecule has 1 saturated heterocycles. The maximum atomic E-state index is 13.4. The Labute approximate surface area is 116 Å². The van der Waals surface area contributed by atoms with Gasteiger partial charge in [0.25, 0.3) is 0 Å². The van der Waals surface area contributed by atoms with E-state index in [-0.39, 0.29) is 17.4 Å². The number of nitrogens with one attached hydrogen (secondary N) is 1. The highest BCUT2D eigenvalue weighted by Crippen LogP contribution is 2.33. The smallest absolute Gasteiger partial charge is 0.126 e. The summed E-state index contributed by atoms with van der Waals surface area (Å²) >= 11 is 0. The van der Waals surface area contributed by atoms with E-state index in [9.17, 15) is 4.39 Å². The van der Waals surface area contributed by atoms with Crippen molar-refractivity contribution in [3.63, 3.8) is 0 Å². The maximum Gasteiger partial charge on any atom is 0.126 e. The normalized spacial score (nSPS) is 18.8. The average Bonchev–Trinajstić information content (AvgIpc) is 2.88. The highest BCUT2D eigenvalue weighted by molar-refractivity contribution is 5.29. The van der Waals surface area contributed by atoms with Crippen molar-refractivity contribution >= 4 is 0 Å². The maximum absolute atomic E-state index is 13.4. The zero-order chi connectivity index (χ0) is 14.0. The van der Waals surface area contributed by atoms with Crippen molar-refractivity contribution in [2.45, 2.75) is 45.2 Å². The molecule has 0 aliphatic carbocycles. The summed E-state index contributed by atoms with van der Waals surface area (Å²) in [6.07, 6.45) is 2.56. The summed E-state index contributed by atoms with van der Waals surface area (Å²) in [5.41, 5.74) is 1.92. The Morgan fingerprint density at radius 3 is 2.42 bits per heavy atom. The van der Waals surface area contributed by atoms with E-state index in [0.29, 0.717) is 0 Å².